The van der Waals surface area contributed by atoms with Crippen molar-refractivity contribution >= 4 is 11.7 Å². The molecule has 2 aromatic carbocycles. The van der Waals surface area contributed by atoms with Crippen LogP contribution in [0.4, 0.5) is 0 Å². The molecule has 3 rings (SSSR count). The fourth-order valence-electron chi connectivity index (χ4n) is 2.40. The Bertz CT molecular complexity index is 663. The van der Waals surface area contributed by atoms with Crippen molar-refractivity contribution in [2.24, 2.45) is 0 Å². The Morgan fingerprint density at radius 3 is 2.33 bits per heavy atom. The first-order valence-electron chi connectivity index (χ1n) is 7.04. The van der Waals surface area contributed by atoms with Crippen LogP contribution in [0.3, 0.4) is 0 Å². The van der Waals surface area contributed by atoms with Crippen molar-refractivity contribution in [3.8, 4) is 11.1 Å². The van der Waals surface area contributed by atoms with Gasteiger partial charge in [0.2, 0.25) is 0 Å². The first-order chi connectivity index (χ1) is 10.4. The highest BCUT2D eigenvalue weighted by Gasteiger charge is 2.15. The Kier molecular flexibility index (Phi) is 4.38. The van der Waals surface area contributed by atoms with E-state index in [1.165, 1.54) is 28.4 Å². The molecule has 0 amide bonds. The topological polar surface area (TPSA) is 37.8 Å². The predicted octanol–water partition coefficient (Wildman–Crippen LogP) is 3.90. The maximum absolute atomic E-state index is 4.36. The fraction of sp³-hybridized carbons (Fsp3) is 0.176. The predicted molar refractivity (Wildman–Crippen MR) is 87.3 cm³/mol. The van der Waals surface area contributed by atoms with E-state index in [0.717, 1.165) is 12.2 Å². The highest BCUT2D eigenvalue weighted by molar-refractivity contribution is 6.99. The van der Waals surface area contributed by atoms with E-state index in [0.29, 0.717) is 0 Å². The van der Waals surface area contributed by atoms with Gasteiger partial charge >= 0.3 is 0 Å². The van der Waals surface area contributed by atoms with E-state index >= 15 is 0 Å². The monoisotopic (exact) mass is 295 g/mol. The van der Waals surface area contributed by atoms with Crippen LogP contribution in [0.25, 0.3) is 11.1 Å². The summed E-state index contributed by atoms with van der Waals surface area (Å²) in [5, 5.41) is 3.46. The van der Waals surface area contributed by atoms with Crippen LogP contribution < -0.4 is 5.32 Å². The molecular weight excluding hydrogens is 278 g/mol. The Balaban J connectivity index is 1.89. The third kappa shape index (κ3) is 3.17. The van der Waals surface area contributed by atoms with E-state index in [4.69, 9.17) is 0 Å². The van der Waals surface area contributed by atoms with Crippen molar-refractivity contribution in [1.82, 2.24) is 14.1 Å². The van der Waals surface area contributed by atoms with Gasteiger partial charge in [0.15, 0.2) is 0 Å². The maximum Gasteiger partial charge on any atom is 0.0957 e. The molecule has 1 atom stereocenters. The van der Waals surface area contributed by atoms with Crippen molar-refractivity contribution in [2.45, 2.75) is 13.0 Å². The van der Waals surface area contributed by atoms with E-state index in [2.05, 4.69) is 69.5 Å². The van der Waals surface area contributed by atoms with Crippen molar-refractivity contribution in [1.29, 1.82) is 0 Å². The molecule has 0 bridgehead atoms. The molecule has 0 aliphatic heterocycles. The lowest BCUT2D eigenvalue weighted by Gasteiger charge is -2.16. The normalized spacial score (nSPS) is 12.2. The van der Waals surface area contributed by atoms with Crippen LogP contribution in [0, 0.1) is 0 Å². The summed E-state index contributed by atoms with van der Waals surface area (Å²) in [6.45, 7) is 2.99. The van der Waals surface area contributed by atoms with Crippen LogP contribution in [-0.2, 0) is 0 Å². The van der Waals surface area contributed by atoms with Gasteiger partial charge in [-0.3, -0.25) is 0 Å². The van der Waals surface area contributed by atoms with E-state index in [1.54, 1.807) is 0 Å². The van der Waals surface area contributed by atoms with E-state index in [-0.39, 0.29) is 6.04 Å². The van der Waals surface area contributed by atoms with E-state index in [1.807, 2.05) is 12.3 Å². The van der Waals surface area contributed by atoms with Gasteiger partial charge in [0.1, 0.15) is 0 Å². The number of rotatable bonds is 5. The van der Waals surface area contributed by atoms with Gasteiger partial charge in [-0.1, -0.05) is 61.5 Å². The van der Waals surface area contributed by atoms with Crippen molar-refractivity contribution in [3.63, 3.8) is 0 Å². The van der Waals surface area contributed by atoms with Gasteiger partial charge in [0, 0.05) is 0 Å². The molecule has 0 radical (unpaired) electrons. The summed E-state index contributed by atoms with van der Waals surface area (Å²) in [5.41, 5.74) is 4.66. The third-order valence-electron chi connectivity index (χ3n) is 3.43. The van der Waals surface area contributed by atoms with Crippen molar-refractivity contribution in [3.05, 3.63) is 72.1 Å². The molecule has 3 nitrogen and oxygen atoms in total. The summed E-state index contributed by atoms with van der Waals surface area (Å²) < 4.78 is 8.47. The number of aromatic nitrogens is 2. The van der Waals surface area contributed by atoms with Crippen molar-refractivity contribution in [2.75, 3.05) is 6.54 Å². The molecule has 1 unspecified atom stereocenters. The summed E-state index contributed by atoms with van der Waals surface area (Å²) >= 11 is 1.25. The molecule has 1 aromatic heterocycles. The molecule has 106 valence electrons. The minimum atomic E-state index is 0.110. The number of benzene rings is 2. The largest absolute Gasteiger partial charge is 0.305 e. The number of hydrogen-bond acceptors (Lipinski definition) is 4. The Labute approximate surface area is 129 Å². The molecular formula is C17H17N3S. The summed E-state index contributed by atoms with van der Waals surface area (Å²) in [6, 6.07) is 19.2. The van der Waals surface area contributed by atoms with E-state index in [9.17, 15) is 0 Å². The zero-order chi connectivity index (χ0) is 14.5. The van der Waals surface area contributed by atoms with Crippen LogP contribution in [0.15, 0.2) is 60.8 Å². The van der Waals surface area contributed by atoms with Gasteiger partial charge in [0.05, 0.1) is 29.7 Å². The molecule has 4 heteroatoms. The lowest BCUT2D eigenvalue weighted by Crippen LogP contribution is -2.22. The van der Waals surface area contributed by atoms with E-state index < -0.39 is 0 Å². The number of nitrogens with one attached hydrogen (secondary N) is 1. The lowest BCUT2D eigenvalue weighted by molar-refractivity contribution is 0.620. The maximum atomic E-state index is 4.36. The van der Waals surface area contributed by atoms with Gasteiger partial charge < -0.3 is 5.32 Å². The molecule has 0 spiro atoms. The molecule has 0 fully saturated rings. The average Bonchev–Trinajstić information content (AvgIpc) is 3.08. The molecule has 0 aliphatic carbocycles. The summed E-state index contributed by atoms with van der Waals surface area (Å²) in [7, 11) is 0. The molecule has 1 heterocycles. The second-order valence-electron chi connectivity index (χ2n) is 4.81. The first kappa shape index (κ1) is 13.9. The number of hydrogen-bond donors (Lipinski definition) is 1. The minimum absolute atomic E-state index is 0.110. The van der Waals surface area contributed by atoms with Crippen LogP contribution in [0.1, 0.15) is 24.2 Å². The molecule has 0 saturated heterocycles. The van der Waals surface area contributed by atoms with Gasteiger partial charge in [-0.25, -0.2) is 0 Å². The highest BCUT2D eigenvalue weighted by Crippen LogP contribution is 2.25. The standard InChI is InChI=1S/C17H17N3S/c1-2-18-17(16-12-19-21-20-16)15-10-8-14(9-11-15)13-6-4-3-5-7-13/h3-12,17-18H,2H2,1H3. The zero-order valence-electron chi connectivity index (χ0n) is 11.9. The Morgan fingerprint density at radius 2 is 1.71 bits per heavy atom. The van der Waals surface area contributed by atoms with Gasteiger partial charge in [0.25, 0.3) is 0 Å². The number of nitrogens with zero attached hydrogens (tertiary/aromatic N) is 2. The first-order valence-corrected chi connectivity index (χ1v) is 7.77. The zero-order valence-corrected chi connectivity index (χ0v) is 12.7. The Morgan fingerprint density at radius 1 is 1.00 bits per heavy atom. The quantitative estimate of drug-likeness (QED) is 0.775. The smallest absolute Gasteiger partial charge is 0.0957 e. The molecule has 0 saturated carbocycles. The summed E-state index contributed by atoms with van der Waals surface area (Å²) in [5.74, 6) is 0. The van der Waals surface area contributed by atoms with Crippen LogP contribution in [-0.4, -0.2) is 15.3 Å². The van der Waals surface area contributed by atoms with Gasteiger partial charge in [-0.05, 0) is 23.2 Å². The fourth-order valence-corrected chi connectivity index (χ4v) is 2.84. The van der Waals surface area contributed by atoms with Crippen LogP contribution in [0.2, 0.25) is 0 Å². The second kappa shape index (κ2) is 6.61. The van der Waals surface area contributed by atoms with Gasteiger partial charge in [-0.2, -0.15) is 8.75 Å². The molecule has 1 N–H and O–H groups in total. The second-order valence-corrected chi connectivity index (χ2v) is 5.37. The molecule has 3 aromatic rings. The summed E-state index contributed by atoms with van der Waals surface area (Å²) in [4.78, 5) is 0. The molecule has 0 aliphatic rings. The Hall–Kier alpha value is -2.04. The molecule has 21 heavy (non-hydrogen) atoms. The van der Waals surface area contributed by atoms with Crippen LogP contribution in [0.5, 0.6) is 0 Å². The van der Waals surface area contributed by atoms with Gasteiger partial charge in [-0.15, -0.1) is 0 Å². The summed E-state index contributed by atoms with van der Waals surface area (Å²) in [6.07, 6.45) is 1.84. The van der Waals surface area contributed by atoms with Crippen LogP contribution >= 0.6 is 11.7 Å². The van der Waals surface area contributed by atoms with Crippen molar-refractivity contribution < 1.29 is 0 Å². The SMILES string of the molecule is CCNC(c1ccc(-c2ccccc2)cc1)c1cnsn1. The highest BCUT2D eigenvalue weighted by atomic mass is 32.1. The lowest BCUT2D eigenvalue weighted by atomic mass is 9.99. The third-order valence-corrected chi connectivity index (χ3v) is 3.93. The minimum Gasteiger partial charge on any atom is -0.305 e. The average molecular weight is 295 g/mol.